The zero-order chi connectivity index (χ0) is 16.1. The molecule has 0 saturated carbocycles. The van der Waals surface area contributed by atoms with Crippen LogP contribution >= 0.6 is 0 Å². The highest BCUT2D eigenvalue weighted by molar-refractivity contribution is 5.84. The number of hydrogen-bond acceptors (Lipinski definition) is 5. The minimum absolute atomic E-state index is 0.133. The van der Waals surface area contributed by atoms with Gasteiger partial charge in [0.25, 0.3) is 0 Å². The topological polar surface area (TPSA) is 80.5 Å². The number of aromatic nitrogens is 3. The summed E-state index contributed by atoms with van der Waals surface area (Å²) >= 11 is 0. The second kappa shape index (κ2) is 6.75. The Morgan fingerprint density at radius 1 is 1.45 bits per heavy atom. The van der Waals surface area contributed by atoms with Gasteiger partial charge in [-0.3, -0.25) is 0 Å². The number of allylic oxidation sites excluding steroid dienone is 2. The summed E-state index contributed by atoms with van der Waals surface area (Å²) in [4.78, 5) is 11.3. The molecule has 0 aliphatic heterocycles. The van der Waals surface area contributed by atoms with E-state index in [1.807, 2.05) is 25.1 Å². The van der Waals surface area contributed by atoms with Crippen LogP contribution in [0.1, 0.15) is 12.6 Å². The predicted molar refractivity (Wildman–Crippen MR) is 76.1 cm³/mol. The maximum absolute atomic E-state index is 12.1. The number of hydrogen-bond donors (Lipinski definition) is 0. The third-order valence-electron chi connectivity index (χ3n) is 3.00. The lowest BCUT2D eigenvalue weighted by atomic mass is 10.3. The second-order valence-electron chi connectivity index (χ2n) is 4.38. The lowest BCUT2D eigenvalue weighted by molar-refractivity contribution is -0.583. The molecule has 22 heavy (non-hydrogen) atoms. The molecule has 0 aliphatic rings. The fourth-order valence-corrected chi connectivity index (χ4v) is 1.94. The Labute approximate surface area is 127 Å². The molecule has 0 aliphatic carbocycles. The normalized spacial score (nSPS) is 12.5. The number of pyridine rings is 1. The van der Waals surface area contributed by atoms with E-state index in [0.29, 0.717) is 0 Å². The van der Waals surface area contributed by atoms with E-state index >= 15 is 0 Å². The highest BCUT2D eigenvalue weighted by Crippen LogP contribution is 2.14. The lowest BCUT2D eigenvalue weighted by Crippen LogP contribution is -2.24. The quantitative estimate of drug-likeness (QED) is 0.259. The van der Waals surface area contributed by atoms with E-state index in [9.17, 15) is 9.90 Å². The van der Waals surface area contributed by atoms with Crippen LogP contribution in [0.15, 0.2) is 42.5 Å². The summed E-state index contributed by atoms with van der Waals surface area (Å²) in [6, 6.07) is 5.59. The Kier molecular flexibility index (Phi) is 4.77. The van der Waals surface area contributed by atoms with Crippen molar-refractivity contribution in [1.29, 1.82) is 0 Å². The second-order valence-corrected chi connectivity index (χ2v) is 4.38. The first-order valence-electron chi connectivity index (χ1n) is 6.75. The highest BCUT2D eigenvalue weighted by atomic mass is 16.6. The van der Waals surface area contributed by atoms with Gasteiger partial charge in [-0.15, -0.1) is 4.52 Å². The highest BCUT2D eigenvalue weighted by Gasteiger charge is 2.19. The van der Waals surface area contributed by atoms with Crippen LogP contribution in [0.25, 0.3) is 11.2 Å². The summed E-state index contributed by atoms with van der Waals surface area (Å²) in [6.07, 6.45) is 4.26. The number of fused-ring (bicyclic) bond motifs is 1. The van der Waals surface area contributed by atoms with Gasteiger partial charge in [0, 0.05) is 13.0 Å². The van der Waals surface area contributed by atoms with Crippen molar-refractivity contribution in [2.45, 2.75) is 13.8 Å². The van der Waals surface area contributed by atoms with E-state index < -0.39 is 11.9 Å². The first-order chi connectivity index (χ1) is 10.6. The average molecular weight is 303 g/mol. The molecule has 7 nitrogen and oxygen atoms in total. The minimum Gasteiger partial charge on any atom is -0.611 e. The molecule has 0 radical (unpaired) electrons. The lowest BCUT2D eigenvalue weighted by Gasteiger charge is -2.13. The molecule has 0 fully saturated rings. The zero-order valence-corrected chi connectivity index (χ0v) is 12.6. The van der Waals surface area contributed by atoms with Crippen molar-refractivity contribution >= 4 is 17.2 Å². The van der Waals surface area contributed by atoms with E-state index in [1.165, 1.54) is 17.9 Å². The number of aryl methyl sites for hydroxylation is 1. The summed E-state index contributed by atoms with van der Waals surface area (Å²) in [5.74, 6) is -1.14. The number of carbonyl (C=O) groups is 1. The van der Waals surface area contributed by atoms with Gasteiger partial charge in [-0.25, -0.2) is 4.79 Å². The number of nitrogens with zero attached hydrogens (tertiary/aromatic N) is 3. The minimum atomic E-state index is -0.570. The summed E-state index contributed by atoms with van der Waals surface area (Å²) < 4.78 is 12.6. The van der Waals surface area contributed by atoms with Gasteiger partial charge in [-0.1, -0.05) is 17.7 Å². The van der Waals surface area contributed by atoms with E-state index in [2.05, 4.69) is 9.95 Å². The molecule has 2 aromatic rings. The monoisotopic (exact) mass is 303 g/mol. The fourth-order valence-electron chi connectivity index (χ4n) is 1.94. The van der Waals surface area contributed by atoms with E-state index in [4.69, 9.17) is 4.74 Å². The Balaban J connectivity index is 2.56. The standard InChI is InChI=1S/C15H17N3O4/c1-4-22-15(20)13(8-9-14(19)21-3)18-11(2)12-7-5-6-10-17(12)16-18/h5-10H,4H2,1-3H3. The maximum Gasteiger partial charge on any atom is 0.330 e. The smallest absolute Gasteiger partial charge is 0.330 e. The van der Waals surface area contributed by atoms with Crippen molar-refractivity contribution < 1.29 is 23.9 Å². The molecule has 0 amide bonds. The maximum atomic E-state index is 12.1. The molecule has 0 atom stereocenters. The summed E-state index contributed by atoms with van der Waals surface area (Å²) in [5.41, 5.74) is 1.72. The van der Waals surface area contributed by atoms with Crippen molar-refractivity contribution in [2.75, 3.05) is 13.7 Å². The predicted octanol–water partition coefficient (Wildman–Crippen LogP) is 0.182. The van der Waals surface area contributed by atoms with Gasteiger partial charge in [-0.2, -0.15) is 0 Å². The van der Waals surface area contributed by atoms with Crippen molar-refractivity contribution in [1.82, 2.24) is 9.90 Å². The number of rotatable bonds is 5. The average Bonchev–Trinajstić information content (AvgIpc) is 2.85. The van der Waals surface area contributed by atoms with E-state index in [1.54, 1.807) is 17.6 Å². The Morgan fingerprint density at radius 2 is 2.23 bits per heavy atom. The number of esters is 1. The van der Waals surface area contributed by atoms with Crippen LogP contribution in [0.4, 0.5) is 0 Å². The molecular weight excluding hydrogens is 286 g/mol. The van der Waals surface area contributed by atoms with Crippen LogP contribution in [0.2, 0.25) is 0 Å². The van der Waals surface area contributed by atoms with Crippen molar-refractivity contribution in [3.05, 3.63) is 48.2 Å². The van der Waals surface area contributed by atoms with Crippen molar-refractivity contribution in [3.8, 4) is 0 Å². The molecule has 0 spiro atoms. The van der Waals surface area contributed by atoms with Gasteiger partial charge in [0.1, 0.15) is 17.4 Å². The molecule has 2 heterocycles. The van der Waals surface area contributed by atoms with Gasteiger partial charge in [-0.05, 0) is 24.8 Å². The third kappa shape index (κ3) is 3.08. The van der Waals surface area contributed by atoms with Gasteiger partial charge in [0.2, 0.25) is 0 Å². The van der Waals surface area contributed by atoms with Gasteiger partial charge in [0.15, 0.2) is 16.9 Å². The number of ether oxygens (including phenoxy) is 2. The first-order valence-corrected chi connectivity index (χ1v) is 6.75. The van der Waals surface area contributed by atoms with Crippen LogP contribution in [0.5, 0.6) is 0 Å². The Hall–Kier alpha value is -2.83. The van der Waals surface area contributed by atoms with E-state index in [-0.39, 0.29) is 12.3 Å². The molecule has 7 heteroatoms. The van der Waals surface area contributed by atoms with Crippen LogP contribution < -0.4 is 9.62 Å². The molecule has 0 N–H and O–H groups in total. The molecule has 0 aromatic carbocycles. The summed E-state index contributed by atoms with van der Waals surface area (Å²) in [6.45, 7) is 3.76. The Bertz CT molecular complexity index is 746. The summed E-state index contributed by atoms with van der Waals surface area (Å²) in [7, 11) is 1.26. The fraction of sp³-hybridized carbons (Fsp3) is 0.267. The zero-order valence-electron chi connectivity index (χ0n) is 12.6. The first kappa shape index (κ1) is 15.6. The van der Waals surface area contributed by atoms with Crippen LogP contribution in [0.3, 0.4) is 0 Å². The molecule has 0 saturated heterocycles. The number of methoxy groups -OCH3 is 1. The van der Waals surface area contributed by atoms with Crippen molar-refractivity contribution in [3.63, 3.8) is 0 Å². The SMILES string of the molecule is CCO/C([O-])=C(\C=C\C(=O)OC)n1n[n+]2ccccc2c1C. The number of carbonyl (C=O) groups excluding carboxylic acids is 1. The van der Waals surface area contributed by atoms with Crippen LogP contribution in [-0.4, -0.2) is 29.6 Å². The molecule has 0 unspecified atom stereocenters. The van der Waals surface area contributed by atoms with Gasteiger partial charge in [0.05, 0.1) is 7.11 Å². The summed E-state index contributed by atoms with van der Waals surface area (Å²) in [5, 5.41) is 16.5. The van der Waals surface area contributed by atoms with E-state index in [0.717, 1.165) is 17.3 Å². The molecule has 2 aromatic heterocycles. The molecule has 116 valence electrons. The Morgan fingerprint density at radius 3 is 2.86 bits per heavy atom. The van der Waals surface area contributed by atoms with Crippen LogP contribution in [-0.2, 0) is 14.3 Å². The van der Waals surface area contributed by atoms with Gasteiger partial charge >= 0.3 is 5.97 Å². The third-order valence-corrected chi connectivity index (χ3v) is 3.00. The van der Waals surface area contributed by atoms with Crippen molar-refractivity contribution in [2.24, 2.45) is 0 Å². The molecule has 0 bridgehead atoms. The largest absolute Gasteiger partial charge is 0.611 e. The van der Waals surface area contributed by atoms with Crippen LogP contribution in [0, 0.1) is 6.92 Å². The molecule has 2 rings (SSSR count). The molecular formula is C15H17N3O4. The van der Waals surface area contributed by atoms with Gasteiger partial charge < -0.3 is 14.6 Å².